The molecule has 0 fully saturated rings. The molecule has 2 rings (SSSR count). The first-order chi connectivity index (χ1) is 7.20. The van der Waals surface area contributed by atoms with Crippen molar-refractivity contribution in [3.05, 3.63) is 35.8 Å². The predicted octanol–water partition coefficient (Wildman–Crippen LogP) is 2.57. The van der Waals surface area contributed by atoms with Crippen molar-refractivity contribution in [1.29, 1.82) is 0 Å². The minimum atomic E-state index is -0.235. The maximum absolute atomic E-state index is 12.7. The van der Waals surface area contributed by atoms with Gasteiger partial charge in [-0.1, -0.05) is 0 Å². The molecule has 0 aliphatic heterocycles. The molecule has 1 aromatic heterocycles. The van der Waals surface area contributed by atoms with Crippen LogP contribution in [-0.2, 0) is 0 Å². The van der Waals surface area contributed by atoms with Crippen LogP contribution in [0.2, 0.25) is 0 Å². The highest BCUT2D eigenvalue weighted by atomic mass is 19.1. The summed E-state index contributed by atoms with van der Waals surface area (Å²) in [7, 11) is 1.80. The third-order valence-corrected chi connectivity index (χ3v) is 2.24. The highest BCUT2D eigenvalue weighted by Crippen LogP contribution is 2.22. The quantitative estimate of drug-likeness (QED) is 0.791. The summed E-state index contributed by atoms with van der Waals surface area (Å²) in [5.41, 5.74) is 2.72. The van der Waals surface area contributed by atoms with Gasteiger partial charge in [-0.3, -0.25) is 0 Å². The zero-order valence-electron chi connectivity index (χ0n) is 8.63. The number of imidazole rings is 1. The van der Waals surface area contributed by atoms with E-state index < -0.39 is 0 Å². The molecule has 4 heteroatoms. The van der Waals surface area contributed by atoms with Gasteiger partial charge < -0.3 is 10.3 Å². The molecule has 0 atom stereocenters. The summed E-state index contributed by atoms with van der Waals surface area (Å²) in [4.78, 5) is 7.43. The van der Waals surface area contributed by atoms with E-state index in [1.807, 2.05) is 6.92 Å². The summed E-state index contributed by atoms with van der Waals surface area (Å²) in [5.74, 6) is 0.479. The van der Waals surface area contributed by atoms with E-state index in [1.165, 1.54) is 12.1 Å². The Morgan fingerprint density at radius 3 is 2.47 bits per heavy atom. The van der Waals surface area contributed by atoms with Crippen molar-refractivity contribution >= 4 is 5.95 Å². The molecule has 0 aliphatic carbocycles. The molecule has 1 aromatic carbocycles. The Kier molecular flexibility index (Phi) is 2.41. The van der Waals surface area contributed by atoms with Gasteiger partial charge in [-0.2, -0.15) is 0 Å². The van der Waals surface area contributed by atoms with Gasteiger partial charge in [0.05, 0.1) is 5.69 Å². The van der Waals surface area contributed by atoms with Gasteiger partial charge in [0, 0.05) is 18.3 Å². The lowest BCUT2D eigenvalue weighted by Gasteiger charge is -1.97. The van der Waals surface area contributed by atoms with E-state index >= 15 is 0 Å². The van der Waals surface area contributed by atoms with E-state index in [0.29, 0.717) is 5.95 Å². The molecule has 2 N–H and O–H groups in total. The molecule has 0 spiro atoms. The molecule has 0 saturated heterocycles. The Balaban J connectivity index is 2.44. The van der Waals surface area contributed by atoms with Gasteiger partial charge in [0.15, 0.2) is 0 Å². The van der Waals surface area contributed by atoms with Crippen LogP contribution in [-0.4, -0.2) is 17.0 Å². The lowest BCUT2D eigenvalue weighted by Crippen LogP contribution is -1.89. The highest BCUT2D eigenvalue weighted by molar-refractivity contribution is 5.63. The second kappa shape index (κ2) is 3.73. The minimum absolute atomic E-state index is 0.235. The lowest BCUT2D eigenvalue weighted by atomic mass is 10.1. The topological polar surface area (TPSA) is 40.7 Å². The fraction of sp³-hybridized carbons (Fsp3) is 0.182. The van der Waals surface area contributed by atoms with Crippen molar-refractivity contribution in [2.45, 2.75) is 6.92 Å². The first-order valence-corrected chi connectivity index (χ1v) is 4.71. The summed E-state index contributed by atoms with van der Waals surface area (Å²) in [6.07, 6.45) is 0. The van der Waals surface area contributed by atoms with Gasteiger partial charge >= 0.3 is 0 Å². The Bertz CT molecular complexity index is 459. The molecule has 2 aromatic rings. The monoisotopic (exact) mass is 205 g/mol. The third kappa shape index (κ3) is 1.83. The van der Waals surface area contributed by atoms with Crippen molar-refractivity contribution < 1.29 is 4.39 Å². The molecule has 0 amide bonds. The normalized spacial score (nSPS) is 10.3. The number of nitrogens with zero attached hydrogens (tertiary/aromatic N) is 1. The number of hydrogen-bond acceptors (Lipinski definition) is 2. The number of rotatable bonds is 2. The Morgan fingerprint density at radius 2 is 1.93 bits per heavy atom. The van der Waals surface area contributed by atoms with Crippen LogP contribution in [0.1, 0.15) is 5.69 Å². The molecule has 78 valence electrons. The van der Waals surface area contributed by atoms with Crippen molar-refractivity contribution in [3.63, 3.8) is 0 Å². The summed E-state index contributed by atoms with van der Waals surface area (Å²) in [6.45, 7) is 1.94. The standard InChI is InChI=1S/C11H12FN3/c1-7-10(15-11(13-2)14-7)8-3-5-9(12)6-4-8/h3-6H,1-2H3,(H2,13,14,15). The van der Waals surface area contributed by atoms with Crippen LogP contribution in [0.4, 0.5) is 10.3 Å². The van der Waals surface area contributed by atoms with Crippen LogP contribution in [0.5, 0.6) is 0 Å². The molecule has 1 heterocycles. The van der Waals surface area contributed by atoms with Crippen molar-refractivity contribution in [3.8, 4) is 11.3 Å². The lowest BCUT2D eigenvalue weighted by molar-refractivity contribution is 0.628. The molecule has 0 unspecified atom stereocenters. The molecular formula is C11H12FN3. The van der Waals surface area contributed by atoms with E-state index in [-0.39, 0.29) is 5.82 Å². The average molecular weight is 205 g/mol. The molecule has 15 heavy (non-hydrogen) atoms. The van der Waals surface area contributed by atoms with Crippen LogP contribution in [0, 0.1) is 12.7 Å². The largest absolute Gasteiger partial charge is 0.359 e. The van der Waals surface area contributed by atoms with Crippen LogP contribution in [0.25, 0.3) is 11.3 Å². The molecule has 0 radical (unpaired) electrons. The average Bonchev–Trinajstić information content (AvgIpc) is 2.61. The molecule has 3 nitrogen and oxygen atoms in total. The van der Waals surface area contributed by atoms with Crippen molar-refractivity contribution in [2.24, 2.45) is 0 Å². The van der Waals surface area contributed by atoms with E-state index in [4.69, 9.17) is 0 Å². The number of H-pyrrole nitrogens is 1. The SMILES string of the molecule is CNc1nc(-c2ccc(F)cc2)c(C)[nH]1. The maximum atomic E-state index is 12.7. The van der Waals surface area contributed by atoms with Gasteiger partial charge in [0.2, 0.25) is 5.95 Å². The van der Waals surface area contributed by atoms with Crippen LogP contribution >= 0.6 is 0 Å². The fourth-order valence-electron chi connectivity index (χ4n) is 1.47. The first-order valence-electron chi connectivity index (χ1n) is 4.71. The molecule has 0 saturated carbocycles. The molecule has 0 aliphatic rings. The number of halogens is 1. The summed E-state index contributed by atoms with van der Waals surface area (Å²) < 4.78 is 12.7. The number of aryl methyl sites for hydroxylation is 1. The van der Waals surface area contributed by atoms with Gasteiger partial charge in [-0.05, 0) is 31.2 Å². The van der Waals surface area contributed by atoms with Crippen molar-refractivity contribution in [1.82, 2.24) is 9.97 Å². The highest BCUT2D eigenvalue weighted by Gasteiger charge is 2.07. The smallest absolute Gasteiger partial charge is 0.200 e. The minimum Gasteiger partial charge on any atom is -0.359 e. The maximum Gasteiger partial charge on any atom is 0.200 e. The zero-order chi connectivity index (χ0) is 10.8. The third-order valence-electron chi connectivity index (χ3n) is 2.24. The van der Waals surface area contributed by atoms with Crippen LogP contribution in [0.3, 0.4) is 0 Å². The summed E-state index contributed by atoms with van der Waals surface area (Å²) in [5, 5.41) is 2.93. The zero-order valence-corrected chi connectivity index (χ0v) is 8.63. The van der Waals surface area contributed by atoms with Gasteiger partial charge in [0.1, 0.15) is 5.82 Å². The number of nitrogens with one attached hydrogen (secondary N) is 2. The van der Waals surface area contributed by atoms with Crippen LogP contribution < -0.4 is 5.32 Å². The van der Waals surface area contributed by atoms with Crippen LogP contribution in [0.15, 0.2) is 24.3 Å². The Morgan fingerprint density at radius 1 is 1.27 bits per heavy atom. The summed E-state index contributed by atoms with van der Waals surface area (Å²) >= 11 is 0. The summed E-state index contributed by atoms with van der Waals surface area (Å²) in [6, 6.07) is 6.31. The second-order valence-electron chi connectivity index (χ2n) is 3.32. The second-order valence-corrected chi connectivity index (χ2v) is 3.32. The van der Waals surface area contributed by atoms with E-state index in [0.717, 1.165) is 17.0 Å². The molecular weight excluding hydrogens is 193 g/mol. The number of hydrogen-bond donors (Lipinski definition) is 2. The van der Waals surface area contributed by atoms with Crippen molar-refractivity contribution in [2.75, 3.05) is 12.4 Å². The number of aromatic nitrogens is 2. The first kappa shape index (κ1) is 9.71. The van der Waals surface area contributed by atoms with E-state index in [9.17, 15) is 4.39 Å². The number of benzene rings is 1. The fourth-order valence-corrected chi connectivity index (χ4v) is 1.47. The van der Waals surface area contributed by atoms with Gasteiger partial charge in [0.25, 0.3) is 0 Å². The number of anilines is 1. The number of aromatic amines is 1. The van der Waals surface area contributed by atoms with E-state index in [1.54, 1.807) is 19.2 Å². The van der Waals surface area contributed by atoms with Gasteiger partial charge in [-0.15, -0.1) is 0 Å². The Labute approximate surface area is 87.4 Å². The van der Waals surface area contributed by atoms with Gasteiger partial charge in [-0.25, -0.2) is 9.37 Å². The molecule has 0 bridgehead atoms. The Hall–Kier alpha value is -1.84. The predicted molar refractivity (Wildman–Crippen MR) is 58.3 cm³/mol. The van der Waals surface area contributed by atoms with E-state index in [2.05, 4.69) is 15.3 Å².